The number of Topliss-reactive ketones (excluding diaryl/α,β-unsaturated/α-hetero) is 1. The molecule has 0 bridgehead atoms. The smallest absolute Gasteiger partial charge is 0.162 e. The first kappa shape index (κ1) is 11.9. The number of hydrogen-bond acceptors (Lipinski definition) is 1. The van der Waals surface area contributed by atoms with E-state index in [1.165, 1.54) is 0 Å². The van der Waals surface area contributed by atoms with E-state index in [0.717, 1.165) is 21.7 Å². The zero-order chi connectivity index (χ0) is 12.3. The van der Waals surface area contributed by atoms with Crippen molar-refractivity contribution in [1.29, 1.82) is 0 Å². The molecule has 0 saturated heterocycles. The lowest BCUT2D eigenvalue weighted by Gasteiger charge is -2.03. The van der Waals surface area contributed by atoms with Crippen LogP contribution in [-0.2, 0) is 0 Å². The molecule has 0 atom stereocenters. The highest BCUT2D eigenvalue weighted by molar-refractivity contribution is 6.30. The molecular weight excluding hydrogens is 232 g/mol. The molecule has 2 aromatic carbocycles. The van der Waals surface area contributed by atoms with Crippen molar-refractivity contribution in [2.75, 3.05) is 0 Å². The zero-order valence-electron chi connectivity index (χ0n) is 9.61. The van der Waals surface area contributed by atoms with Crippen molar-refractivity contribution in [3.05, 3.63) is 59.1 Å². The summed E-state index contributed by atoms with van der Waals surface area (Å²) >= 11 is 5.84. The van der Waals surface area contributed by atoms with Crippen molar-refractivity contribution >= 4 is 17.4 Å². The van der Waals surface area contributed by atoms with E-state index in [0.29, 0.717) is 6.42 Å². The molecule has 2 aromatic rings. The van der Waals surface area contributed by atoms with E-state index in [-0.39, 0.29) is 5.78 Å². The summed E-state index contributed by atoms with van der Waals surface area (Å²) in [5.41, 5.74) is 2.96. The Bertz CT molecular complexity index is 512. The fraction of sp³-hybridized carbons (Fsp3) is 0.133. The molecule has 0 unspecified atom stereocenters. The minimum atomic E-state index is 0.174. The molecule has 2 rings (SSSR count). The minimum Gasteiger partial charge on any atom is -0.294 e. The highest BCUT2D eigenvalue weighted by atomic mass is 35.5. The predicted octanol–water partition coefficient (Wildman–Crippen LogP) is 4.60. The van der Waals surface area contributed by atoms with Gasteiger partial charge in [0, 0.05) is 17.0 Å². The summed E-state index contributed by atoms with van der Waals surface area (Å²) < 4.78 is 0. The number of ketones is 1. The third kappa shape index (κ3) is 2.75. The van der Waals surface area contributed by atoms with Crippen molar-refractivity contribution in [1.82, 2.24) is 0 Å². The van der Waals surface area contributed by atoms with Gasteiger partial charge in [-0.3, -0.25) is 4.79 Å². The largest absolute Gasteiger partial charge is 0.294 e. The summed E-state index contributed by atoms with van der Waals surface area (Å²) in [6.45, 7) is 1.87. The van der Waals surface area contributed by atoms with Gasteiger partial charge in [0.05, 0.1) is 0 Å². The summed E-state index contributed by atoms with van der Waals surface area (Å²) in [5.74, 6) is 0.174. The van der Waals surface area contributed by atoms with Crippen LogP contribution in [0.25, 0.3) is 11.1 Å². The average molecular weight is 245 g/mol. The number of rotatable bonds is 3. The van der Waals surface area contributed by atoms with Crippen LogP contribution in [0.3, 0.4) is 0 Å². The van der Waals surface area contributed by atoms with Gasteiger partial charge < -0.3 is 0 Å². The van der Waals surface area contributed by atoms with Gasteiger partial charge in [0.25, 0.3) is 0 Å². The summed E-state index contributed by atoms with van der Waals surface area (Å²) in [5, 5.41) is 0.728. The Hall–Kier alpha value is -1.60. The number of benzene rings is 2. The second-order valence-electron chi connectivity index (χ2n) is 3.86. The van der Waals surface area contributed by atoms with Crippen LogP contribution >= 0.6 is 11.6 Å². The van der Waals surface area contributed by atoms with E-state index in [4.69, 9.17) is 11.6 Å². The average Bonchev–Trinajstić information content (AvgIpc) is 2.39. The Morgan fingerprint density at radius 2 is 1.41 bits per heavy atom. The van der Waals surface area contributed by atoms with E-state index in [2.05, 4.69) is 0 Å². The molecule has 0 heterocycles. The highest BCUT2D eigenvalue weighted by Crippen LogP contribution is 2.22. The Balaban J connectivity index is 2.29. The van der Waals surface area contributed by atoms with Crippen LogP contribution in [-0.4, -0.2) is 5.78 Å². The molecule has 0 radical (unpaired) electrons. The summed E-state index contributed by atoms with van der Waals surface area (Å²) in [4.78, 5) is 11.5. The maximum absolute atomic E-state index is 11.5. The van der Waals surface area contributed by atoms with Crippen molar-refractivity contribution in [3.8, 4) is 11.1 Å². The van der Waals surface area contributed by atoms with Crippen LogP contribution in [0.1, 0.15) is 23.7 Å². The van der Waals surface area contributed by atoms with Gasteiger partial charge in [-0.2, -0.15) is 0 Å². The van der Waals surface area contributed by atoms with Crippen LogP contribution in [0.4, 0.5) is 0 Å². The molecule has 0 N–H and O–H groups in total. The zero-order valence-corrected chi connectivity index (χ0v) is 10.4. The molecule has 0 aromatic heterocycles. The van der Waals surface area contributed by atoms with Gasteiger partial charge in [-0.15, -0.1) is 0 Å². The topological polar surface area (TPSA) is 17.1 Å². The quantitative estimate of drug-likeness (QED) is 0.721. The Morgan fingerprint density at radius 1 is 0.941 bits per heavy atom. The standard InChI is InChI=1S/C15H13ClO/c1-2-15(17)13-5-3-11(4-6-13)12-7-9-14(16)10-8-12/h3-10H,2H2,1H3. The maximum atomic E-state index is 11.5. The van der Waals surface area contributed by atoms with Crippen molar-refractivity contribution in [3.63, 3.8) is 0 Å². The number of halogens is 1. The van der Waals surface area contributed by atoms with Gasteiger partial charge in [-0.1, -0.05) is 54.9 Å². The maximum Gasteiger partial charge on any atom is 0.162 e. The Labute approximate surface area is 106 Å². The van der Waals surface area contributed by atoms with E-state index in [9.17, 15) is 4.79 Å². The first-order valence-electron chi connectivity index (χ1n) is 5.60. The molecule has 17 heavy (non-hydrogen) atoms. The lowest BCUT2D eigenvalue weighted by molar-refractivity contribution is 0.0988. The highest BCUT2D eigenvalue weighted by Gasteiger charge is 2.03. The lowest BCUT2D eigenvalue weighted by Crippen LogP contribution is -1.95. The van der Waals surface area contributed by atoms with E-state index >= 15 is 0 Å². The summed E-state index contributed by atoms with van der Waals surface area (Å²) in [6.07, 6.45) is 0.542. The molecule has 0 amide bonds. The van der Waals surface area contributed by atoms with Gasteiger partial charge in [0.15, 0.2) is 5.78 Å². The first-order valence-corrected chi connectivity index (χ1v) is 5.97. The van der Waals surface area contributed by atoms with Crippen LogP contribution in [0.2, 0.25) is 5.02 Å². The van der Waals surface area contributed by atoms with Crippen LogP contribution < -0.4 is 0 Å². The minimum absolute atomic E-state index is 0.174. The molecule has 2 heteroatoms. The van der Waals surface area contributed by atoms with E-state index in [1.807, 2.05) is 55.5 Å². The van der Waals surface area contributed by atoms with Gasteiger partial charge in [-0.05, 0) is 23.3 Å². The molecule has 0 fully saturated rings. The monoisotopic (exact) mass is 244 g/mol. The fourth-order valence-corrected chi connectivity index (χ4v) is 1.82. The van der Waals surface area contributed by atoms with E-state index in [1.54, 1.807) is 0 Å². The molecule has 0 saturated carbocycles. The lowest BCUT2D eigenvalue weighted by atomic mass is 10.0. The Morgan fingerprint density at radius 3 is 1.88 bits per heavy atom. The second kappa shape index (κ2) is 5.15. The molecule has 86 valence electrons. The number of carbonyl (C=O) groups excluding carboxylic acids is 1. The van der Waals surface area contributed by atoms with Crippen LogP contribution in [0.5, 0.6) is 0 Å². The van der Waals surface area contributed by atoms with Crippen LogP contribution in [0, 0.1) is 0 Å². The SMILES string of the molecule is CCC(=O)c1ccc(-c2ccc(Cl)cc2)cc1. The van der Waals surface area contributed by atoms with Gasteiger partial charge >= 0.3 is 0 Å². The van der Waals surface area contributed by atoms with Crippen molar-refractivity contribution < 1.29 is 4.79 Å². The van der Waals surface area contributed by atoms with E-state index < -0.39 is 0 Å². The molecule has 0 aliphatic carbocycles. The normalized spacial score (nSPS) is 10.2. The molecule has 0 aliphatic rings. The third-order valence-corrected chi connectivity index (χ3v) is 2.96. The molecular formula is C15H13ClO. The molecule has 0 spiro atoms. The van der Waals surface area contributed by atoms with Gasteiger partial charge in [-0.25, -0.2) is 0 Å². The van der Waals surface area contributed by atoms with Gasteiger partial charge in [0.1, 0.15) is 0 Å². The first-order chi connectivity index (χ1) is 8.20. The fourth-order valence-electron chi connectivity index (χ4n) is 1.70. The summed E-state index contributed by atoms with van der Waals surface area (Å²) in [7, 11) is 0. The molecule has 0 aliphatic heterocycles. The second-order valence-corrected chi connectivity index (χ2v) is 4.30. The predicted molar refractivity (Wildman–Crippen MR) is 71.5 cm³/mol. The van der Waals surface area contributed by atoms with Gasteiger partial charge in [0.2, 0.25) is 0 Å². The van der Waals surface area contributed by atoms with Crippen LogP contribution in [0.15, 0.2) is 48.5 Å². The molecule has 1 nitrogen and oxygen atoms in total. The Kier molecular flexibility index (Phi) is 3.60. The van der Waals surface area contributed by atoms with Crippen molar-refractivity contribution in [2.45, 2.75) is 13.3 Å². The number of carbonyl (C=O) groups is 1. The number of hydrogen-bond donors (Lipinski definition) is 0. The summed E-state index contributed by atoms with van der Waals surface area (Å²) in [6, 6.07) is 15.3. The van der Waals surface area contributed by atoms with Crippen molar-refractivity contribution in [2.24, 2.45) is 0 Å². The third-order valence-electron chi connectivity index (χ3n) is 2.71.